The molecule has 0 fully saturated rings. The molecular formula is C24H36. The summed E-state index contributed by atoms with van der Waals surface area (Å²) < 4.78 is 0. The Morgan fingerprint density at radius 1 is 0.833 bits per heavy atom. The number of hydrogen-bond acceptors (Lipinski definition) is 0. The van der Waals surface area contributed by atoms with E-state index in [1.807, 2.05) is 0 Å². The van der Waals surface area contributed by atoms with E-state index < -0.39 is 0 Å². The van der Waals surface area contributed by atoms with Gasteiger partial charge in [0.05, 0.1) is 0 Å². The van der Waals surface area contributed by atoms with Gasteiger partial charge in [-0.3, -0.25) is 0 Å². The summed E-state index contributed by atoms with van der Waals surface area (Å²) in [5.74, 6) is 1.35. The lowest BCUT2D eigenvalue weighted by molar-refractivity contribution is 0.555. The summed E-state index contributed by atoms with van der Waals surface area (Å²) in [6.45, 7) is 8.48. The van der Waals surface area contributed by atoms with Crippen LogP contribution in [0.1, 0.15) is 76.7 Å². The predicted octanol–water partition coefficient (Wildman–Crippen LogP) is 7.85. The molecule has 0 radical (unpaired) electrons. The highest BCUT2D eigenvalue weighted by Crippen LogP contribution is 2.24. The molecule has 1 rings (SSSR count). The Kier molecular flexibility index (Phi) is 11.8. The molecular weight excluding hydrogens is 288 g/mol. The number of benzene rings is 1. The average molecular weight is 325 g/mol. The number of allylic oxidation sites excluding steroid dienone is 5. The van der Waals surface area contributed by atoms with Gasteiger partial charge < -0.3 is 0 Å². The Balaban J connectivity index is 2.22. The van der Waals surface area contributed by atoms with Crippen LogP contribution in [0.2, 0.25) is 0 Å². The van der Waals surface area contributed by atoms with Gasteiger partial charge >= 0.3 is 0 Å². The summed E-state index contributed by atoms with van der Waals surface area (Å²) in [5, 5.41) is 0. The molecule has 0 saturated carbocycles. The van der Waals surface area contributed by atoms with Gasteiger partial charge in [0.2, 0.25) is 0 Å². The minimum atomic E-state index is 0.656. The molecule has 0 nitrogen and oxygen atoms in total. The first kappa shape index (κ1) is 20.5. The van der Waals surface area contributed by atoms with Crippen molar-refractivity contribution in [3.05, 3.63) is 72.9 Å². The second-order valence-electron chi connectivity index (χ2n) is 6.59. The lowest BCUT2D eigenvalue weighted by Gasteiger charge is -2.14. The highest BCUT2D eigenvalue weighted by atomic mass is 14.1. The van der Waals surface area contributed by atoms with E-state index in [-0.39, 0.29) is 0 Å². The molecule has 0 bridgehead atoms. The Labute approximate surface area is 150 Å². The van der Waals surface area contributed by atoms with Crippen molar-refractivity contribution >= 4 is 0 Å². The Morgan fingerprint density at radius 2 is 1.42 bits per heavy atom. The van der Waals surface area contributed by atoms with Crippen molar-refractivity contribution in [1.82, 2.24) is 0 Å². The quantitative estimate of drug-likeness (QED) is 0.324. The molecule has 0 amide bonds. The molecule has 2 unspecified atom stereocenters. The summed E-state index contributed by atoms with van der Waals surface area (Å²) in [4.78, 5) is 0. The number of hydrogen-bond donors (Lipinski definition) is 0. The van der Waals surface area contributed by atoms with E-state index in [9.17, 15) is 0 Å². The van der Waals surface area contributed by atoms with Crippen molar-refractivity contribution in [2.75, 3.05) is 0 Å². The minimum absolute atomic E-state index is 0.656. The first-order chi connectivity index (χ1) is 11.8. The normalized spacial score (nSPS) is 14.2. The van der Waals surface area contributed by atoms with Gasteiger partial charge in [-0.05, 0) is 68.8 Å². The van der Waals surface area contributed by atoms with E-state index in [0.29, 0.717) is 11.8 Å². The second-order valence-corrected chi connectivity index (χ2v) is 6.59. The zero-order valence-electron chi connectivity index (χ0n) is 15.8. The first-order valence-electron chi connectivity index (χ1n) is 9.79. The molecule has 24 heavy (non-hydrogen) atoms. The van der Waals surface area contributed by atoms with Gasteiger partial charge in [-0.2, -0.15) is 0 Å². The smallest absolute Gasteiger partial charge is 0.0162 e. The summed E-state index contributed by atoms with van der Waals surface area (Å²) in [7, 11) is 0. The summed E-state index contributed by atoms with van der Waals surface area (Å²) in [6.07, 6.45) is 21.1. The maximum Gasteiger partial charge on any atom is -0.0162 e. The SMILES string of the molecule is C=CC(CC/C=C\CCC(CC)c1ccccc1)CC/C=C/CC. The van der Waals surface area contributed by atoms with E-state index in [1.165, 1.54) is 50.5 Å². The van der Waals surface area contributed by atoms with Crippen LogP contribution in [0.4, 0.5) is 0 Å². The molecule has 0 N–H and O–H groups in total. The van der Waals surface area contributed by atoms with E-state index in [1.54, 1.807) is 0 Å². The topological polar surface area (TPSA) is 0 Å². The fourth-order valence-corrected chi connectivity index (χ4v) is 3.15. The van der Waals surface area contributed by atoms with Gasteiger partial charge in [-0.25, -0.2) is 0 Å². The molecule has 132 valence electrons. The monoisotopic (exact) mass is 324 g/mol. The van der Waals surface area contributed by atoms with Gasteiger partial charge in [0.15, 0.2) is 0 Å². The van der Waals surface area contributed by atoms with E-state index in [0.717, 1.165) is 6.42 Å². The van der Waals surface area contributed by atoms with Crippen LogP contribution in [0, 0.1) is 5.92 Å². The Hall–Kier alpha value is -1.56. The molecule has 0 aliphatic carbocycles. The van der Waals surface area contributed by atoms with Crippen LogP contribution in [0.3, 0.4) is 0 Å². The van der Waals surface area contributed by atoms with Crippen molar-refractivity contribution in [2.45, 2.75) is 71.1 Å². The van der Waals surface area contributed by atoms with E-state index in [4.69, 9.17) is 0 Å². The molecule has 0 heteroatoms. The average Bonchev–Trinajstić information content (AvgIpc) is 2.63. The molecule has 2 atom stereocenters. The molecule has 1 aromatic carbocycles. The zero-order valence-corrected chi connectivity index (χ0v) is 15.8. The highest BCUT2D eigenvalue weighted by Gasteiger charge is 2.07. The van der Waals surface area contributed by atoms with Crippen molar-refractivity contribution in [2.24, 2.45) is 5.92 Å². The summed E-state index contributed by atoms with van der Waals surface area (Å²) in [6, 6.07) is 10.9. The molecule has 1 aromatic rings. The highest BCUT2D eigenvalue weighted by molar-refractivity contribution is 5.19. The van der Waals surface area contributed by atoms with Gasteiger partial charge in [0, 0.05) is 0 Å². The standard InChI is InChI=1S/C24H36/c1-4-7-8-12-17-22(5-2)18-13-9-10-14-19-23(6-3)24-20-15-11-16-21-24/h5,7-11,15-16,20-23H,2,4,6,12-14,17-19H2,1,3H3/b8-7+,10-9-. The largest absolute Gasteiger partial charge is 0.103 e. The molecule has 0 spiro atoms. The third kappa shape index (κ3) is 8.91. The Bertz CT molecular complexity index is 466. The van der Waals surface area contributed by atoms with E-state index in [2.05, 4.69) is 81.1 Å². The van der Waals surface area contributed by atoms with Crippen molar-refractivity contribution in [3.63, 3.8) is 0 Å². The van der Waals surface area contributed by atoms with Crippen molar-refractivity contribution < 1.29 is 0 Å². The third-order valence-electron chi connectivity index (χ3n) is 4.76. The fourth-order valence-electron chi connectivity index (χ4n) is 3.15. The lowest BCUT2D eigenvalue weighted by Crippen LogP contribution is -1.96. The van der Waals surface area contributed by atoms with Crippen LogP contribution in [-0.4, -0.2) is 0 Å². The van der Waals surface area contributed by atoms with E-state index >= 15 is 0 Å². The summed E-state index contributed by atoms with van der Waals surface area (Å²) >= 11 is 0. The van der Waals surface area contributed by atoms with Gasteiger partial charge in [0.25, 0.3) is 0 Å². The van der Waals surface area contributed by atoms with Gasteiger partial charge in [-0.15, -0.1) is 6.58 Å². The third-order valence-corrected chi connectivity index (χ3v) is 4.76. The molecule has 0 aliphatic rings. The maximum atomic E-state index is 3.99. The van der Waals surface area contributed by atoms with Crippen LogP contribution < -0.4 is 0 Å². The maximum absolute atomic E-state index is 3.99. The van der Waals surface area contributed by atoms with Crippen molar-refractivity contribution in [1.29, 1.82) is 0 Å². The molecule has 0 aliphatic heterocycles. The molecule has 0 aromatic heterocycles. The predicted molar refractivity (Wildman–Crippen MR) is 109 cm³/mol. The van der Waals surface area contributed by atoms with Crippen LogP contribution in [0.5, 0.6) is 0 Å². The Morgan fingerprint density at radius 3 is 1.96 bits per heavy atom. The second kappa shape index (κ2) is 13.8. The molecule has 0 saturated heterocycles. The lowest BCUT2D eigenvalue weighted by atomic mass is 9.92. The fraction of sp³-hybridized carbons (Fsp3) is 0.500. The van der Waals surface area contributed by atoms with Gasteiger partial charge in [-0.1, -0.05) is 74.6 Å². The van der Waals surface area contributed by atoms with Gasteiger partial charge in [0.1, 0.15) is 0 Å². The first-order valence-corrected chi connectivity index (χ1v) is 9.79. The van der Waals surface area contributed by atoms with Crippen LogP contribution in [0.15, 0.2) is 67.3 Å². The van der Waals surface area contributed by atoms with Crippen LogP contribution in [-0.2, 0) is 0 Å². The zero-order chi connectivity index (χ0) is 17.5. The van der Waals surface area contributed by atoms with Crippen LogP contribution >= 0.6 is 0 Å². The van der Waals surface area contributed by atoms with Crippen molar-refractivity contribution in [3.8, 4) is 0 Å². The summed E-state index contributed by atoms with van der Waals surface area (Å²) in [5.41, 5.74) is 1.49. The number of rotatable bonds is 13. The van der Waals surface area contributed by atoms with Crippen LogP contribution in [0.25, 0.3) is 0 Å². The minimum Gasteiger partial charge on any atom is -0.103 e. The molecule has 0 heterocycles.